The summed E-state index contributed by atoms with van der Waals surface area (Å²) < 4.78 is 33.1. The Labute approximate surface area is 134 Å². The van der Waals surface area contributed by atoms with Gasteiger partial charge in [0.1, 0.15) is 16.4 Å². The molecule has 0 saturated carbocycles. The van der Waals surface area contributed by atoms with Gasteiger partial charge in [-0.3, -0.25) is 4.79 Å². The van der Waals surface area contributed by atoms with Crippen molar-refractivity contribution in [3.63, 3.8) is 0 Å². The standard InChI is InChI=1S/C15H16N2O5S/c1-21-12-6-4-11(5-7-12)17-15(18)10-3-8-13(22-2)14(9-10)23(16,19)20/h3-9H,1-2H3,(H,17,18)(H2,16,19,20). The van der Waals surface area contributed by atoms with E-state index in [1.807, 2.05) is 0 Å². The number of sulfonamides is 1. The molecule has 0 bridgehead atoms. The van der Waals surface area contributed by atoms with Gasteiger partial charge in [-0.25, -0.2) is 13.6 Å². The van der Waals surface area contributed by atoms with E-state index in [4.69, 9.17) is 14.6 Å². The Bertz CT molecular complexity index is 816. The highest BCUT2D eigenvalue weighted by Gasteiger charge is 2.18. The molecule has 2 aromatic rings. The molecule has 0 unspecified atom stereocenters. The summed E-state index contributed by atoms with van der Waals surface area (Å²) in [6.45, 7) is 0. The van der Waals surface area contributed by atoms with E-state index in [2.05, 4.69) is 5.32 Å². The van der Waals surface area contributed by atoms with Crippen LogP contribution in [0.3, 0.4) is 0 Å². The van der Waals surface area contributed by atoms with Crippen molar-refractivity contribution in [2.75, 3.05) is 19.5 Å². The third-order valence-corrected chi connectivity index (χ3v) is 4.01. The summed E-state index contributed by atoms with van der Waals surface area (Å²) in [6.07, 6.45) is 0. The van der Waals surface area contributed by atoms with Crippen LogP contribution >= 0.6 is 0 Å². The van der Waals surface area contributed by atoms with Crippen molar-refractivity contribution < 1.29 is 22.7 Å². The van der Waals surface area contributed by atoms with Gasteiger partial charge >= 0.3 is 0 Å². The average Bonchev–Trinajstić information content (AvgIpc) is 2.54. The molecule has 0 aliphatic carbocycles. The van der Waals surface area contributed by atoms with Crippen molar-refractivity contribution in [3.8, 4) is 11.5 Å². The molecule has 0 aliphatic rings. The number of amides is 1. The quantitative estimate of drug-likeness (QED) is 0.862. The fraction of sp³-hybridized carbons (Fsp3) is 0.133. The SMILES string of the molecule is COc1ccc(NC(=O)c2ccc(OC)c(S(N)(=O)=O)c2)cc1. The Morgan fingerprint density at radius 3 is 2.22 bits per heavy atom. The number of methoxy groups -OCH3 is 2. The highest BCUT2D eigenvalue weighted by atomic mass is 32.2. The summed E-state index contributed by atoms with van der Waals surface area (Å²) in [7, 11) is -1.14. The zero-order chi connectivity index (χ0) is 17.0. The molecule has 8 heteroatoms. The minimum Gasteiger partial charge on any atom is -0.497 e. The van der Waals surface area contributed by atoms with Gasteiger partial charge in [0.2, 0.25) is 10.0 Å². The predicted octanol–water partition coefficient (Wildman–Crippen LogP) is 1.60. The number of anilines is 1. The monoisotopic (exact) mass is 336 g/mol. The van der Waals surface area contributed by atoms with Gasteiger partial charge in [-0.2, -0.15) is 0 Å². The smallest absolute Gasteiger partial charge is 0.255 e. The zero-order valence-electron chi connectivity index (χ0n) is 12.6. The first-order chi connectivity index (χ1) is 10.8. The molecule has 2 rings (SSSR count). The molecule has 0 aromatic heterocycles. The largest absolute Gasteiger partial charge is 0.497 e. The predicted molar refractivity (Wildman–Crippen MR) is 85.3 cm³/mol. The molecule has 0 fully saturated rings. The molecule has 23 heavy (non-hydrogen) atoms. The van der Waals surface area contributed by atoms with Crippen LogP contribution in [-0.4, -0.2) is 28.5 Å². The number of benzene rings is 2. The van der Waals surface area contributed by atoms with Crippen molar-refractivity contribution in [2.45, 2.75) is 4.90 Å². The zero-order valence-corrected chi connectivity index (χ0v) is 13.4. The van der Waals surface area contributed by atoms with Gasteiger partial charge in [0.25, 0.3) is 5.91 Å². The number of carbonyl (C=O) groups is 1. The molecule has 0 saturated heterocycles. The number of nitrogens with two attached hydrogens (primary N) is 1. The molecule has 1 amide bonds. The third kappa shape index (κ3) is 3.99. The highest BCUT2D eigenvalue weighted by Crippen LogP contribution is 2.24. The van der Waals surface area contributed by atoms with Crippen molar-refractivity contribution in [1.29, 1.82) is 0 Å². The lowest BCUT2D eigenvalue weighted by Gasteiger charge is -2.10. The van der Waals surface area contributed by atoms with Crippen LogP contribution in [0.2, 0.25) is 0 Å². The summed E-state index contributed by atoms with van der Waals surface area (Å²) in [5.41, 5.74) is 0.689. The molecule has 0 radical (unpaired) electrons. The lowest BCUT2D eigenvalue weighted by molar-refractivity contribution is 0.102. The van der Waals surface area contributed by atoms with Crippen LogP contribution in [0.5, 0.6) is 11.5 Å². The van der Waals surface area contributed by atoms with E-state index in [1.165, 1.54) is 25.3 Å². The highest BCUT2D eigenvalue weighted by molar-refractivity contribution is 7.89. The van der Waals surface area contributed by atoms with Crippen LogP contribution in [0, 0.1) is 0 Å². The third-order valence-electron chi connectivity index (χ3n) is 3.08. The molecular formula is C15H16N2O5S. The number of primary sulfonamides is 1. The fourth-order valence-electron chi connectivity index (χ4n) is 1.92. The molecule has 122 valence electrons. The van der Waals surface area contributed by atoms with Gasteiger partial charge in [-0.05, 0) is 42.5 Å². The number of hydrogen-bond acceptors (Lipinski definition) is 5. The molecule has 2 aromatic carbocycles. The summed E-state index contributed by atoms with van der Waals surface area (Å²) in [5, 5.41) is 7.79. The summed E-state index contributed by atoms with van der Waals surface area (Å²) in [5.74, 6) is 0.264. The maximum absolute atomic E-state index is 12.2. The molecule has 0 heterocycles. The lowest BCUT2D eigenvalue weighted by atomic mass is 10.2. The van der Waals surface area contributed by atoms with Crippen molar-refractivity contribution in [2.24, 2.45) is 5.14 Å². The van der Waals surface area contributed by atoms with Crippen molar-refractivity contribution >= 4 is 21.6 Å². The number of rotatable bonds is 5. The van der Waals surface area contributed by atoms with Crippen LogP contribution in [0.4, 0.5) is 5.69 Å². The molecule has 3 N–H and O–H groups in total. The second-order valence-corrected chi connectivity index (χ2v) is 6.12. The van der Waals surface area contributed by atoms with E-state index >= 15 is 0 Å². The van der Waals surface area contributed by atoms with Gasteiger partial charge < -0.3 is 14.8 Å². The molecule has 0 atom stereocenters. The van der Waals surface area contributed by atoms with Crippen molar-refractivity contribution in [1.82, 2.24) is 0 Å². The summed E-state index contributed by atoms with van der Waals surface area (Å²) in [6, 6.07) is 10.7. The van der Waals surface area contributed by atoms with Gasteiger partial charge in [-0.1, -0.05) is 0 Å². The summed E-state index contributed by atoms with van der Waals surface area (Å²) >= 11 is 0. The van der Waals surface area contributed by atoms with E-state index in [-0.39, 0.29) is 16.2 Å². The number of hydrogen-bond donors (Lipinski definition) is 2. The first kappa shape index (κ1) is 16.8. The first-order valence-electron chi connectivity index (χ1n) is 6.51. The van der Waals surface area contributed by atoms with E-state index in [0.29, 0.717) is 11.4 Å². The minimum atomic E-state index is -4.00. The van der Waals surface area contributed by atoms with Crippen LogP contribution in [0.1, 0.15) is 10.4 Å². The number of nitrogens with one attached hydrogen (secondary N) is 1. The lowest BCUT2D eigenvalue weighted by Crippen LogP contribution is -2.16. The van der Waals surface area contributed by atoms with E-state index < -0.39 is 15.9 Å². The Balaban J connectivity index is 2.28. The average molecular weight is 336 g/mol. The normalized spacial score (nSPS) is 10.9. The fourth-order valence-corrected chi connectivity index (χ4v) is 2.64. The summed E-state index contributed by atoms with van der Waals surface area (Å²) in [4.78, 5) is 12.0. The topological polar surface area (TPSA) is 108 Å². The Morgan fingerprint density at radius 2 is 1.70 bits per heavy atom. The second-order valence-electron chi connectivity index (χ2n) is 4.59. The van der Waals surface area contributed by atoms with E-state index in [9.17, 15) is 13.2 Å². The van der Waals surface area contributed by atoms with Crippen LogP contribution < -0.4 is 19.9 Å². The molecule has 0 aliphatic heterocycles. The van der Waals surface area contributed by atoms with Crippen molar-refractivity contribution in [3.05, 3.63) is 48.0 Å². The Hall–Kier alpha value is -2.58. The van der Waals surface area contributed by atoms with Gasteiger partial charge in [0.15, 0.2) is 0 Å². The van der Waals surface area contributed by atoms with E-state index in [0.717, 1.165) is 0 Å². The number of ether oxygens (including phenoxy) is 2. The Morgan fingerprint density at radius 1 is 1.04 bits per heavy atom. The molecular weight excluding hydrogens is 320 g/mol. The molecule has 7 nitrogen and oxygen atoms in total. The van der Waals surface area contributed by atoms with E-state index in [1.54, 1.807) is 31.4 Å². The van der Waals surface area contributed by atoms with Crippen LogP contribution in [0.25, 0.3) is 0 Å². The number of carbonyl (C=O) groups excluding carboxylic acids is 1. The van der Waals surface area contributed by atoms with Crippen LogP contribution in [0.15, 0.2) is 47.4 Å². The van der Waals surface area contributed by atoms with Gasteiger partial charge in [-0.15, -0.1) is 0 Å². The molecule has 0 spiro atoms. The minimum absolute atomic E-state index is 0.0773. The van der Waals surface area contributed by atoms with Gasteiger partial charge in [0.05, 0.1) is 14.2 Å². The van der Waals surface area contributed by atoms with Gasteiger partial charge in [0, 0.05) is 11.3 Å². The second kappa shape index (κ2) is 6.67. The maximum atomic E-state index is 12.2. The Kier molecular flexibility index (Phi) is 4.87. The van der Waals surface area contributed by atoms with Crippen LogP contribution in [-0.2, 0) is 10.0 Å². The maximum Gasteiger partial charge on any atom is 0.255 e. The first-order valence-corrected chi connectivity index (χ1v) is 8.06.